The number of halogens is 3. The molecule has 3 aliphatic carbocycles. The van der Waals surface area contributed by atoms with Crippen molar-refractivity contribution in [2.75, 3.05) is 23.7 Å². The van der Waals surface area contributed by atoms with Crippen molar-refractivity contribution in [2.45, 2.75) is 76.3 Å². The molecule has 0 atom stereocenters. The third-order valence-electron chi connectivity index (χ3n) is 10.5. The van der Waals surface area contributed by atoms with E-state index in [1.165, 1.54) is 23.5 Å². The highest BCUT2D eigenvalue weighted by Crippen LogP contribution is 2.69. The number of piperidine rings is 1. The number of H-pyrrole nitrogens is 1. The second-order valence-corrected chi connectivity index (χ2v) is 15.1. The van der Waals surface area contributed by atoms with E-state index in [0.29, 0.717) is 21.7 Å². The summed E-state index contributed by atoms with van der Waals surface area (Å²) in [6, 6.07) is 13.9. The van der Waals surface area contributed by atoms with Crippen LogP contribution in [0, 0.1) is 23.7 Å². The number of likely N-dealkylation sites (tertiary alicyclic amines) is 1. The SMILES string of the molecule is Cc1c(CN2CCC(Nc3ncnc4sc(CC(F)(F)F)cc34)CC2)ccc2c1cc(C#N)n2CC12CC(Nc3ccc(=O)[nH]c3)(C1)C2. The minimum absolute atomic E-state index is 0.0746. The predicted octanol–water partition coefficient (Wildman–Crippen LogP) is 6.73. The fraction of sp³-hybridized carbons (Fsp3) is 0.429. The minimum atomic E-state index is -4.26. The molecular weight excluding hydrogens is 638 g/mol. The number of alkyl halides is 3. The smallest absolute Gasteiger partial charge is 0.378 e. The number of nitriles is 1. The van der Waals surface area contributed by atoms with Gasteiger partial charge in [0.1, 0.15) is 28.7 Å². The van der Waals surface area contributed by atoms with Gasteiger partial charge < -0.3 is 20.2 Å². The number of pyridine rings is 1. The van der Waals surface area contributed by atoms with Crippen LogP contribution in [-0.4, -0.2) is 55.3 Å². The van der Waals surface area contributed by atoms with Crippen molar-refractivity contribution in [1.82, 2.24) is 24.4 Å². The van der Waals surface area contributed by atoms with E-state index in [1.807, 2.05) is 12.1 Å². The molecule has 2 bridgehead atoms. The van der Waals surface area contributed by atoms with Crippen LogP contribution in [0.4, 0.5) is 24.7 Å². The largest absolute Gasteiger partial charge is 0.393 e. The van der Waals surface area contributed by atoms with Gasteiger partial charge in [-0.05, 0) is 79.8 Å². The van der Waals surface area contributed by atoms with E-state index in [9.17, 15) is 23.2 Å². The van der Waals surface area contributed by atoms with E-state index in [2.05, 4.69) is 60.2 Å². The van der Waals surface area contributed by atoms with E-state index >= 15 is 0 Å². The number of aromatic amines is 1. The van der Waals surface area contributed by atoms with Crippen LogP contribution in [-0.2, 0) is 19.5 Å². The minimum Gasteiger partial charge on any atom is -0.378 e. The number of anilines is 2. The Hall–Kier alpha value is -4.41. The predicted molar refractivity (Wildman–Crippen MR) is 180 cm³/mol. The average molecular weight is 673 g/mol. The third kappa shape index (κ3) is 5.71. The van der Waals surface area contributed by atoms with Crippen molar-refractivity contribution in [2.24, 2.45) is 5.41 Å². The Balaban J connectivity index is 0.902. The number of aryl methyl sites for hydroxylation is 1. The van der Waals surface area contributed by atoms with Crippen LogP contribution in [0.1, 0.15) is 53.8 Å². The van der Waals surface area contributed by atoms with Crippen LogP contribution in [0.5, 0.6) is 0 Å². The summed E-state index contributed by atoms with van der Waals surface area (Å²) in [5.41, 5.74) is 5.33. The lowest BCUT2D eigenvalue weighted by Gasteiger charge is -2.71. The number of benzene rings is 1. The van der Waals surface area contributed by atoms with Gasteiger partial charge in [0, 0.05) is 65.8 Å². The van der Waals surface area contributed by atoms with Gasteiger partial charge in [0.15, 0.2) is 0 Å². The summed E-state index contributed by atoms with van der Waals surface area (Å²) in [5, 5.41) is 18.9. The Kier molecular flexibility index (Phi) is 7.30. The first-order valence-corrected chi connectivity index (χ1v) is 17.1. The van der Waals surface area contributed by atoms with E-state index in [-0.39, 0.29) is 27.4 Å². The van der Waals surface area contributed by atoms with Gasteiger partial charge in [0.25, 0.3) is 0 Å². The van der Waals surface area contributed by atoms with E-state index in [1.54, 1.807) is 12.3 Å². The lowest BCUT2D eigenvalue weighted by atomic mass is 9.39. The summed E-state index contributed by atoms with van der Waals surface area (Å²) in [5.74, 6) is 0.598. The zero-order valence-electron chi connectivity index (χ0n) is 26.5. The highest BCUT2D eigenvalue weighted by molar-refractivity contribution is 7.18. The molecular formula is C35H35F3N8OS. The molecule has 4 fully saturated rings. The maximum Gasteiger partial charge on any atom is 0.393 e. The summed E-state index contributed by atoms with van der Waals surface area (Å²) < 4.78 is 41.1. The molecule has 0 spiro atoms. The van der Waals surface area contributed by atoms with Crippen molar-refractivity contribution in [3.63, 3.8) is 0 Å². The first kappa shape index (κ1) is 30.9. The molecule has 1 aliphatic heterocycles. The molecule has 3 N–H and O–H groups in total. The zero-order valence-corrected chi connectivity index (χ0v) is 27.3. The van der Waals surface area contributed by atoms with Crippen LogP contribution < -0.4 is 16.2 Å². The van der Waals surface area contributed by atoms with Gasteiger partial charge in [-0.2, -0.15) is 18.4 Å². The van der Waals surface area contributed by atoms with Crippen molar-refractivity contribution in [1.29, 1.82) is 5.26 Å². The number of thiophene rings is 1. The maximum atomic E-state index is 13.0. The first-order valence-electron chi connectivity index (χ1n) is 16.3. The lowest BCUT2D eigenvalue weighted by molar-refractivity contribution is -0.127. The fourth-order valence-corrected chi connectivity index (χ4v) is 9.39. The molecule has 48 heavy (non-hydrogen) atoms. The van der Waals surface area contributed by atoms with Gasteiger partial charge in [0.05, 0.1) is 17.5 Å². The molecule has 1 aromatic carbocycles. The molecule has 4 aromatic heterocycles. The molecule has 1 saturated heterocycles. The zero-order chi connectivity index (χ0) is 33.3. The van der Waals surface area contributed by atoms with E-state index in [4.69, 9.17) is 0 Å². The van der Waals surface area contributed by atoms with Crippen LogP contribution in [0.15, 0.2) is 53.7 Å². The summed E-state index contributed by atoms with van der Waals surface area (Å²) in [6.07, 6.45) is 2.83. The maximum absolute atomic E-state index is 13.0. The molecule has 3 saturated carbocycles. The molecule has 0 amide bonds. The molecule has 5 heterocycles. The number of nitrogens with zero attached hydrogens (tertiary/aromatic N) is 5. The Bertz CT molecular complexity index is 2100. The summed E-state index contributed by atoms with van der Waals surface area (Å²) in [6.45, 7) is 5.55. The second kappa shape index (κ2) is 11.3. The molecule has 13 heteroatoms. The average Bonchev–Trinajstić information content (AvgIpc) is 3.59. The topological polar surface area (TPSA) is 115 Å². The van der Waals surface area contributed by atoms with E-state index in [0.717, 1.165) is 86.2 Å². The molecule has 248 valence electrons. The van der Waals surface area contributed by atoms with Crippen molar-refractivity contribution in [3.05, 3.63) is 81.0 Å². The van der Waals surface area contributed by atoms with E-state index < -0.39 is 12.6 Å². The van der Waals surface area contributed by atoms with Gasteiger partial charge in [-0.25, -0.2) is 9.97 Å². The number of fused-ring (bicyclic) bond motifs is 2. The highest BCUT2D eigenvalue weighted by atomic mass is 32.1. The number of nitrogens with one attached hydrogen (secondary N) is 3. The molecule has 9 nitrogen and oxygen atoms in total. The van der Waals surface area contributed by atoms with Crippen molar-refractivity contribution < 1.29 is 13.2 Å². The van der Waals surface area contributed by atoms with Crippen LogP contribution in [0.2, 0.25) is 0 Å². The van der Waals surface area contributed by atoms with Crippen LogP contribution >= 0.6 is 11.3 Å². The fourth-order valence-electron chi connectivity index (χ4n) is 8.36. The molecule has 5 aromatic rings. The van der Waals surface area contributed by atoms with Gasteiger partial charge in [-0.15, -0.1) is 11.3 Å². The van der Waals surface area contributed by atoms with Gasteiger partial charge in [-0.3, -0.25) is 9.69 Å². The van der Waals surface area contributed by atoms with Gasteiger partial charge in [0.2, 0.25) is 5.56 Å². The molecule has 9 rings (SSSR count). The number of aromatic nitrogens is 4. The number of rotatable bonds is 9. The standard InChI is InChI=1S/C35H35F3N8OS/c1-21-22(15-45-8-6-23(7-9-45)43-31-28-11-26(12-35(36,37)38)48-32(28)42-20-41-31)2-4-29-27(21)10-25(13-39)46(29)19-33-16-34(17-33,18-33)44-24-3-5-30(47)40-14-24/h2-5,10-11,14,20,23,44H,6-9,12,15-19H2,1H3,(H,40,47)(H,41,42,43). The second-order valence-electron chi connectivity index (χ2n) is 14.0. The normalized spacial score (nSPS) is 22.7. The summed E-state index contributed by atoms with van der Waals surface area (Å²) >= 11 is 1.07. The van der Waals surface area contributed by atoms with Crippen molar-refractivity contribution in [3.8, 4) is 6.07 Å². The van der Waals surface area contributed by atoms with Crippen molar-refractivity contribution >= 4 is 44.0 Å². The summed E-state index contributed by atoms with van der Waals surface area (Å²) in [4.78, 5) is 25.9. The van der Waals surface area contributed by atoms with Gasteiger partial charge >= 0.3 is 6.18 Å². The number of hydrogen-bond acceptors (Lipinski definition) is 8. The first-order chi connectivity index (χ1) is 23.0. The van der Waals surface area contributed by atoms with Crippen LogP contribution in [0.3, 0.4) is 0 Å². The molecule has 4 aliphatic rings. The van der Waals surface area contributed by atoms with Crippen LogP contribution in [0.25, 0.3) is 21.1 Å². The monoisotopic (exact) mass is 672 g/mol. The molecule has 0 radical (unpaired) electrons. The Morgan fingerprint density at radius 2 is 1.90 bits per heavy atom. The Morgan fingerprint density at radius 3 is 2.60 bits per heavy atom. The third-order valence-corrected chi connectivity index (χ3v) is 11.5. The number of hydrogen-bond donors (Lipinski definition) is 3. The highest BCUT2D eigenvalue weighted by Gasteiger charge is 2.67. The van der Waals surface area contributed by atoms with Gasteiger partial charge in [-0.1, -0.05) is 6.07 Å². The lowest BCUT2D eigenvalue weighted by Crippen LogP contribution is -2.72. The quantitative estimate of drug-likeness (QED) is 0.159. The summed E-state index contributed by atoms with van der Waals surface area (Å²) in [7, 11) is 0. The molecule has 0 unspecified atom stereocenters. The Morgan fingerprint density at radius 1 is 1.10 bits per heavy atom. The Labute approximate surface area is 278 Å².